The van der Waals surface area contributed by atoms with Gasteiger partial charge >= 0.3 is 0 Å². The van der Waals surface area contributed by atoms with Gasteiger partial charge in [0.1, 0.15) is 0 Å². The van der Waals surface area contributed by atoms with E-state index in [1.807, 2.05) is 11.9 Å². The molecule has 0 bridgehead atoms. The third-order valence-corrected chi connectivity index (χ3v) is 3.32. The summed E-state index contributed by atoms with van der Waals surface area (Å²) in [4.78, 5) is 22.7. The van der Waals surface area contributed by atoms with Crippen LogP contribution in [0.15, 0.2) is 11.1 Å². The van der Waals surface area contributed by atoms with Crippen LogP contribution in [0.3, 0.4) is 0 Å². The molecule has 2 rings (SSSR count). The largest absolute Gasteiger partial charge is 0.489 e. The molecular formula is C12H21N5O2. The van der Waals surface area contributed by atoms with Crippen molar-refractivity contribution in [3.05, 3.63) is 16.7 Å². The molecule has 2 N–H and O–H groups in total. The number of ether oxygens (including phenoxy) is 1. The highest BCUT2D eigenvalue weighted by atomic mass is 16.5. The van der Waals surface area contributed by atoms with E-state index in [2.05, 4.69) is 20.2 Å². The van der Waals surface area contributed by atoms with Crippen LogP contribution in [-0.2, 0) is 0 Å². The van der Waals surface area contributed by atoms with Crippen LogP contribution < -0.4 is 20.5 Å². The van der Waals surface area contributed by atoms with Crippen molar-refractivity contribution >= 4 is 5.82 Å². The first kappa shape index (κ1) is 13.8. The Kier molecular flexibility index (Phi) is 4.75. The minimum atomic E-state index is -0.249. The van der Waals surface area contributed by atoms with Crippen molar-refractivity contribution in [2.24, 2.45) is 0 Å². The normalized spacial score (nSPS) is 16.3. The second kappa shape index (κ2) is 6.53. The molecule has 0 amide bonds. The van der Waals surface area contributed by atoms with Crippen LogP contribution in [0.25, 0.3) is 0 Å². The molecule has 0 aliphatic carbocycles. The van der Waals surface area contributed by atoms with E-state index in [0.29, 0.717) is 5.82 Å². The zero-order valence-electron chi connectivity index (χ0n) is 11.5. The number of anilines is 1. The monoisotopic (exact) mass is 267 g/mol. The van der Waals surface area contributed by atoms with Gasteiger partial charge in [0.2, 0.25) is 5.75 Å². The Bertz CT molecular complexity index is 456. The Balaban J connectivity index is 1.97. The number of aromatic amines is 1. The zero-order chi connectivity index (χ0) is 13.7. The lowest BCUT2D eigenvalue weighted by Gasteiger charge is -2.29. The first-order valence-electron chi connectivity index (χ1n) is 6.48. The topological polar surface area (TPSA) is 73.5 Å². The minimum absolute atomic E-state index is 0.249. The molecule has 0 unspecified atom stereocenters. The fraction of sp³-hybridized carbons (Fsp3) is 0.667. The molecule has 7 nitrogen and oxygen atoms in total. The molecule has 1 aromatic rings. The molecular weight excluding hydrogens is 246 g/mol. The van der Waals surface area contributed by atoms with Crippen molar-refractivity contribution in [2.45, 2.75) is 0 Å². The summed E-state index contributed by atoms with van der Waals surface area (Å²) in [6, 6.07) is 0. The van der Waals surface area contributed by atoms with E-state index in [0.717, 1.165) is 39.3 Å². The number of rotatable bonds is 5. The fourth-order valence-electron chi connectivity index (χ4n) is 2.17. The summed E-state index contributed by atoms with van der Waals surface area (Å²) in [7, 11) is 3.41. The van der Waals surface area contributed by atoms with Gasteiger partial charge in [0.15, 0.2) is 5.82 Å². The van der Waals surface area contributed by atoms with E-state index >= 15 is 0 Å². The fourth-order valence-corrected chi connectivity index (χ4v) is 2.17. The standard InChI is InChI=1S/C12H21N5O2/c1-16(7-8-17-5-3-13-4-6-17)11-10(19-2)12(18)15-9-14-11/h9,13H,3-8H2,1-2H3,(H,14,15,18). The first-order valence-corrected chi connectivity index (χ1v) is 6.48. The van der Waals surface area contributed by atoms with Crippen LogP contribution in [0.5, 0.6) is 5.75 Å². The summed E-state index contributed by atoms with van der Waals surface area (Å²) < 4.78 is 5.12. The van der Waals surface area contributed by atoms with Crippen LogP contribution >= 0.6 is 0 Å². The second-order valence-corrected chi connectivity index (χ2v) is 4.60. The average molecular weight is 267 g/mol. The molecule has 1 saturated heterocycles. The molecule has 0 saturated carbocycles. The lowest BCUT2D eigenvalue weighted by molar-refractivity contribution is 0.246. The Morgan fingerprint density at radius 1 is 1.47 bits per heavy atom. The number of likely N-dealkylation sites (N-methyl/N-ethyl adjacent to an activating group) is 1. The minimum Gasteiger partial charge on any atom is -0.489 e. The van der Waals surface area contributed by atoms with E-state index in [4.69, 9.17) is 4.74 Å². The van der Waals surface area contributed by atoms with Gasteiger partial charge in [-0.2, -0.15) is 0 Å². The summed E-state index contributed by atoms with van der Waals surface area (Å²) in [6.45, 7) is 5.97. The van der Waals surface area contributed by atoms with Crippen molar-refractivity contribution in [2.75, 3.05) is 58.3 Å². The van der Waals surface area contributed by atoms with E-state index in [9.17, 15) is 4.79 Å². The number of hydrogen-bond acceptors (Lipinski definition) is 6. The number of nitrogens with one attached hydrogen (secondary N) is 2. The van der Waals surface area contributed by atoms with Gasteiger partial charge in [-0.25, -0.2) is 4.98 Å². The Morgan fingerprint density at radius 2 is 2.21 bits per heavy atom. The van der Waals surface area contributed by atoms with E-state index in [1.165, 1.54) is 13.4 Å². The molecule has 0 atom stereocenters. The molecule has 0 radical (unpaired) electrons. The summed E-state index contributed by atoms with van der Waals surface area (Å²) in [5, 5.41) is 3.33. The summed E-state index contributed by atoms with van der Waals surface area (Å²) in [5.74, 6) is 0.853. The molecule has 0 spiro atoms. The predicted octanol–water partition coefficient (Wildman–Crippen LogP) is -0.880. The van der Waals surface area contributed by atoms with Crippen LogP contribution in [0.2, 0.25) is 0 Å². The maximum atomic E-state index is 11.6. The molecule has 1 aliphatic rings. The molecule has 0 aromatic carbocycles. The summed E-state index contributed by atoms with van der Waals surface area (Å²) in [6.07, 6.45) is 1.40. The quantitative estimate of drug-likeness (QED) is 0.722. The highest BCUT2D eigenvalue weighted by Crippen LogP contribution is 2.18. The van der Waals surface area contributed by atoms with Crippen molar-refractivity contribution in [1.29, 1.82) is 0 Å². The van der Waals surface area contributed by atoms with Crippen molar-refractivity contribution in [3.8, 4) is 5.75 Å². The molecule has 1 aromatic heterocycles. The highest BCUT2D eigenvalue weighted by Gasteiger charge is 2.15. The summed E-state index contributed by atoms with van der Waals surface area (Å²) >= 11 is 0. The van der Waals surface area contributed by atoms with Crippen LogP contribution in [0.4, 0.5) is 5.82 Å². The van der Waals surface area contributed by atoms with Gasteiger partial charge in [0, 0.05) is 46.3 Å². The Labute approximate surface area is 112 Å². The maximum absolute atomic E-state index is 11.6. The van der Waals surface area contributed by atoms with Gasteiger partial charge in [-0.05, 0) is 0 Å². The number of aromatic nitrogens is 2. The maximum Gasteiger partial charge on any atom is 0.295 e. The zero-order valence-corrected chi connectivity index (χ0v) is 11.5. The van der Waals surface area contributed by atoms with Crippen LogP contribution in [0, 0.1) is 0 Å². The lowest BCUT2D eigenvalue weighted by Crippen LogP contribution is -2.46. The average Bonchev–Trinajstić information content (AvgIpc) is 2.45. The Hall–Kier alpha value is -1.60. The van der Waals surface area contributed by atoms with Gasteiger partial charge in [0.05, 0.1) is 13.4 Å². The Morgan fingerprint density at radius 3 is 2.89 bits per heavy atom. The molecule has 19 heavy (non-hydrogen) atoms. The van der Waals surface area contributed by atoms with Gasteiger partial charge in [-0.15, -0.1) is 0 Å². The molecule has 7 heteroatoms. The SMILES string of the molecule is COc1c(N(C)CCN2CCNCC2)nc[nH]c1=O. The second-order valence-electron chi connectivity index (χ2n) is 4.60. The lowest BCUT2D eigenvalue weighted by atomic mass is 10.3. The van der Waals surface area contributed by atoms with Crippen molar-refractivity contribution in [1.82, 2.24) is 20.2 Å². The van der Waals surface area contributed by atoms with Gasteiger partial charge in [0.25, 0.3) is 5.56 Å². The third kappa shape index (κ3) is 3.45. The number of methoxy groups -OCH3 is 1. The molecule has 1 fully saturated rings. The van der Waals surface area contributed by atoms with Crippen LogP contribution in [-0.4, -0.2) is 68.3 Å². The molecule has 2 heterocycles. The number of H-pyrrole nitrogens is 1. The highest BCUT2D eigenvalue weighted by molar-refractivity contribution is 5.49. The predicted molar refractivity (Wildman–Crippen MR) is 74.0 cm³/mol. The number of hydrogen-bond donors (Lipinski definition) is 2. The van der Waals surface area contributed by atoms with Crippen molar-refractivity contribution in [3.63, 3.8) is 0 Å². The molecule has 106 valence electrons. The number of nitrogens with zero attached hydrogens (tertiary/aromatic N) is 3. The molecule has 1 aliphatic heterocycles. The van der Waals surface area contributed by atoms with E-state index in [-0.39, 0.29) is 11.3 Å². The van der Waals surface area contributed by atoms with E-state index < -0.39 is 0 Å². The van der Waals surface area contributed by atoms with Gasteiger partial charge in [-0.3, -0.25) is 9.69 Å². The van der Waals surface area contributed by atoms with Gasteiger partial charge in [-0.1, -0.05) is 0 Å². The summed E-state index contributed by atoms with van der Waals surface area (Å²) in [5.41, 5.74) is -0.249. The number of piperazine rings is 1. The van der Waals surface area contributed by atoms with Crippen molar-refractivity contribution < 1.29 is 4.74 Å². The van der Waals surface area contributed by atoms with Crippen LogP contribution in [0.1, 0.15) is 0 Å². The third-order valence-electron chi connectivity index (χ3n) is 3.32. The first-order chi connectivity index (χ1) is 9.22. The van der Waals surface area contributed by atoms with E-state index in [1.54, 1.807) is 0 Å². The van der Waals surface area contributed by atoms with Gasteiger partial charge < -0.3 is 19.9 Å². The smallest absolute Gasteiger partial charge is 0.295 e.